The minimum atomic E-state index is -4.54. The molecule has 4 N–H and O–H groups in total. The summed E-state index contributed by atoms with van der Waals surface area (Å²) in [7, 11) is -4.54. The third kappa shape index (κ3) is 12.7. The van der Waals surface area contributed by atoms with Crippen molar-refractivity contribution in [2.75, 3.05) is 13.2 Å². The maximum Gasteiger partial charge on any atom is 0.470 e. The fourth-order valence-corrected chi connectivity index (χ4v) is 1.46. The minimum Gasteiger partial charge on any atom is -0.563 e. The second kappa shape index (κ2) is 13.7. The molecule has 0 saturated carbocycles. The van der Waals surface area contributed by atoms with E-state index in [0.717, 1.165) is 0 Å². The van der Waals surface area contributed by atoms with Crippen molar-refractivity contribution in [2.45, 2.75) is 12.2 Å². The van der Waals surface area contributed by atoms with Crippen molar-refractivity contribution < 1.29 is 96.1 Å². The van der Waals surface area contributed by atoms with Crippen molar-refractivity contribution in [1.82, 2.24) is 0 Å². The van der Waals surface area contributed by atoms with Crippen LogP contribution in [-0.2, 0) is 13.6 Å². The van der Waals surface area contributed by atoms with E-state index in [4.69, 9.17) is 20.2 Å². The van der Waals surface area contributed by atoms with Crippen LogP contribution in [0.25, 0.3) is 0 Å². The molecule has 0 spiro atoms. The molecule has 12 heteroatoms. The van der Waals surface area contributed by atoms with Gasteiger partial charge in [0.05, 0.1) is 13.2 Å². The SMILES string of the molecule is O=NCC([CH-]O)OP(=O)(O)OCC(O)[CH-]O.[U].[U]. The quantitative estimate of drug-likeness (QED) is 0.144. The van der Waals surface area contributed by atoms with Gasteiger partial charge in [0.2, 0.25) is 0 Å². The van der Waals surface area contributed by atoms with Gasteiger partial charge in [0.15, 0.2) is 0 Å². The Morgan fingerprint density at radius 3 is 2.22 bits per heavy atom. The Kier molecular flexibility index (Phi) is 18.8. The third-order valence-corrected chi connectivity index (χ3v) is 2.28. The predicted octanol–water partition coefficient (Wildman–Crippen LogP) is -0.316. The van der Waals surface area contributed by atoms with Gasteiger partial charge in [-0.25, -0.2) is 4.57 Å². The number of hydrogen-bond acceptors (Lipinski definition) is 8. The summed E-state index contributed by atoms with van der Waals surface area (Å²) in [5, 5.41) is 27.9. The largest absolute Gasteiger partial charge is 0.563 e. The van der Waals surface area contributed by atoms with Crippen molar-refractivity contribution in [3.8, 4) is 0 Å². The van der Waals surface area contributed by atoms with Gasteiger partial charge < -0.3 is 24.7 Å². The van der Waals surface area contributed by atoms with Gasteiger partial charge in [-0.2, -0.15) is 18.1 Å². The third-order valence-electron chi connectivity index (χ3n) is 1.27. The first-order valence-corrected chi connectivity index (χ1v) is 5.52. The van der Waals surface area contributed by atoms with Gasteiger partial charge in [-0.1, -0.05) is 5.18 Å². The topological polar surface area (TPSA) is 146 Å². The van der Waals surface area contributed by atoms with Crippen molar-refractivity contribution in [2.24, 2.45) is 5.18 Å². The number of phosphoric ester groups is 1. The molecule has 0 saturated heterocycles. The van der Waals surface area contributed by atoms with Crippen LogP contribution >= 0.6 is 7.82 Å². The summed E-state index contributed by atoms with van der Waals surface area (Å²) in [6.07, 6.45) is -2.84. The van der Waals surface area contributed by atoms with E-state index in [2.05, 4.69) is 14.2 Å². The van der Waals surface area contributed by atoms with E-state index in [1.165, 1.54) is 0 Å². The molecule has 0 aliphatic heterocycles. The fraction of sp³-hybridized carbons (Fsp3) is 0.667. The fourth-order valence-electron chi connectivity index (χ4n) is 0.596. The smallest absolute Gasteiger partial charge is 0.470 e. The molecule has 104 valence electrons. The molecule has 0 aromatic rings. The molecule has 0 heterocycles. The molecule has 0 aliphatic carbocycles. The number of nitroso groups, excluding NO2 is 1. The zero-order valence-corrected chi connectivity index (χ0v) is 18.3. The Labute approximate surface area is 151 Å². The number of aliphatic hydroxyl groups excluding tert-OH is 3. The zero-order valence-electron chi connectivity index (χ0n) is 9.04. The molecule has 18 heavy (non-hydrogen) atoms. The molecule has 0 radical (unpaired) electrons. The van der Waals surface area contributed by atoms with E-state index < -0.39 is 33.2 Å². The van der Waals surface area contributed by atoms with Gasteiger partial charge in [0.1, 0.15) is 0 Å². The van der Waals surface area contributed by atoms with Gasteiger partial charge in [0.25, 0.3) is 0 Å². The molecule has 3 atom stereocenters. The van der Waals surface area contributed by atoms with Crippen LogP contribution in [0.1, 0.15) is 0 Å². The Bertz CT molecular complexity index is 258. The summed E-state index contributed by atoms with van der Waals surface area (Å²) in [6.45, 7) is -0.541. The Morgan fingerprint density at radius 1 is 1.28 bits per heavy atom. The first kappa shape index (κ1) is 24.7. The van der Waals surface area contributed by atoms with E-state index in [-0.39, 0.29) is 62.2 Å². The first-order valence-electron chi connectivity index (χ1n) is 4.03. The van der Waals surface area contributed by atoms with Crippen LogP contribution in [0.5, 0.6) is 0 Å². The molecule has 0 aromatic heterocycles. The monoisotopic (exact) mass is 733 g/mol. The number of aliphatic hydroxyl groups is 3. The maximum absolute atomic E-state index is 11.1. The van der Waals surface area contributed by atoms with Crippen LogP contribution in [0.2, 0.25) is 0 Å². The van der Waals surface area contributed by atoms with Crippen LogP contribution in [0, 0.1) is 80.3 Å². The summed E-state index contributed by atoms with van der Waals surface area (Å²) >= 11 is 0. The standard InChI is InChI=1S/C6H12NO8P.2U/c8-2-5(10)4-14-16(12,13)15-6(3-9)1-7-11;;/h2-3,5-6,8-10H,1,4H2,(H,12,13);;/q-2;;. The second-order valence-corrected chi connectivity index (χ2v) is 3.99. The van der Waals surface area contributed by atoms with E-state index in [1.807, 2.05) is 0 Å². The van der Waals surface area contributed by atoms with Crippen molar-refractivity contribution >= 4 is 7.82 Å². The van der Waals surface area contributed by atoms with Crippen molar-refractivity contribution in [3.63, 3.8) is 0 Å². The van der Waals surface area contributed by atoms with Gasteiger partial charge in [0, 0.05) is 62.2 Å². The molecule has 3 unspecified atom stereocenters. The summed E-state index contributed by atoms with van der Waals surface area (Å²) in [6, 6.07) is 0. The van der Waals surface area contributed by atoms with E-state index >= 15 is 0 Å². The number of hydrogen-bond donors (Lipinski definition) is 4. The molecule has 0 aliphatic rings. The Balaban J connectivity index is -0.00000112. The average molecular weight is 733 g/mol. The van der Waals surface area contributed by atoms with Crippen LogP contribution in [-0.4, -0.2) is 45.6 Å². The molecule has 0 bridgehead atoms. The molecule has 9 nitrogen and oxygen atoms in total. The van der Waals surface area contributed by atoms with Gasteiger partial charge in [-0.15, -0.1) is 0 Å². The summed E-state index contributed by atoms with van der Waals surface area (Å²) in [4.78, 5) is 18.8. The Hall–Kier alpha value is 1.69. The van der Waals surface area contributed by atoms with Gasteiger partial charge >= 0.3 is 7.82 Å². The van der Waals surface area contributed by atoms with Crippen LogP contribution in [0.3, 0.4) is 0 Å². The summed E-state index contributed by atoms with van der Waals surface area (Å²) in [5.74, 6) is 0. The van der Waals surface area contributed by atoms with E-state index in [9.17, 15) is 9.47 Å². The van der Waals surface area contributed by atoms with E-state index in [1.54, 1.807) is 0 Å². The van der Waals surface area contributed by atoms with Gasteiger partial charge in [-0.05, 0) is 12.2 Å². The summed E-state index contributed by atoms with van der Waals surface area (Å²) in [5.41, 5.74) is 0. The number of nitrogens with zero attached hydrogens (tertiary/aromatic N) is 1. The molecular formula is C6H12NO8PU2-2. The molecule has 0 amide bonds. The van der Waals surface area contributed by atoms with Gasteiger partial charge in [-0.3, -0.25) is 4.52 Å². The van der Waals surface area contributed by atoms with Crippen molar-refractivity contribution in [1.29, 1.82) is 0 Å². The molecule has 0 fully saturated rings. The minimum absolute atomic E-state index is 0. The van der Waals surface area contributed by atoms with Crippen molar-refractivity contribution in [3.05, 3.63) is 18.1 Å². The Morgan fingerprint density at radius 2 is 1.83 bits per heavy atom. The average Bonchev–Trinajstić information content (AvgIpc) is 2.25. The van der Waals surface area contributed by atoms with Crippen LogP contribution < -0.4 is 0 Å². The molecule has 0 rings (SSSR count). The zero-order chi connectivity index (χ0) is 12.6. The first-order chi connectivity index (χ1) is 7.45. The second-order valence-electron chi connectivity index (χ2n) is 2.59. The molecular weight excluding hydrogens is 721 g/mol. The number of rotatable bonds is 9. The van der Waals surface area contributed by atoms with Crippen LogP contribution in [0.4, 0.5) is 0 Å². The van der Waals surface area contributed by atoms with Crippen LogP contribution in [0.15, 0.2) is 5.18 Å². The summed E-state index contributed by atoms with van der Waals surface area (Å²) < 4.78 is 19.6. The number of phosphoric acid groups is 1. The molecule has 0 aromatic carbocycles. The normalized spacial score (nSPS) is 16.7. The maximum atomic E-state index is 11.1. The predicted molar refractivity (Wildman–Crippen MR) is 49.8 cm³/mol. The van der Waals surface area contributed by atoms with E-state index in [0.29, 0.717) is 13.2 Å².